The molecular formula is C18H29N3O2S. The van der Waals surface area contributed by atoms with Crippen molar-refractivity contribution in [1.82, 2.24) is 15.1 Å². The molecule has 0 unspecified atom stereocenters. The van der Waals surface area contributed by atoms with Gasteiger partial charge in [-0.05, 0) is 44.3 Å². The molecule has 134 valence electrons. The van der Waals surface area contributed by atoms with Crippen molar-refractivity contribution in [3.05, 3.63) is 24.3 Å². The first kappa shape index (κ1) is 19.1. The number of rotatable bonds is 9. The van der Waals surface area contributed by atoms with E-state index >= 15 is 0 Å². The Morgan fingerprint density at radius 3 is 2.58 bits per heavy atom. The van der Waals surface area contributed by atoms with Crippen molar-refractivity contribution >= 4 is 17.7 Å². The fourth-order valence-electron chi connectivity index (χ4n) is 2.62. The Hall–Kier alpha value is -1.24. The van der Waals surface area contributed by atoms with Crippen LogP contribution in [0, 0.1) is 0 Å². The lowest BCUT2D eigenvalue weighted by atomic mass is 10.3. The summed E-state index contributed by atoms with van der Waals surface area (Å²) >= 11 is 1.70. The minimum atomic E-state index is 0.148. The van der Waals surface area contributed by atoms with Crippen LogP contribution in [0.2, 0.25) is 0 Å². The Morgan fingerprint density at radius 1 is 1.21 bits per heavy atom. The molecule has 1 aliphatic rings. The molecule has 0 radical (unpaired) electrons. The van der Waals surface area contributed by atoms with Gasteiger partial charge < -0.3 is 19.9 Å². The number of amides is 1. The molecule has 1 aromatic carbocycles. The van der Waals surface area contributed by atoms with Gasteiger partial charge in [-0.3, -0.25) is 4.79 Å². The summed E-state index contributed by atoms with van der Waals surface area (Å²) in [7, 11) is 3.83. The molecule has 0 saturated carbocycles. The number of hydrogen-bond acceptors (Lipinski definition) is 5. The van der Waals surface area contributed by atoms with E-state index < -0.39 is 0 Å². The van der Waals surface area contributed by atoms with Crippen LogP contribution in [0.1, 0.15) is 12.8 Å². The minimum Gasteiger partial charge on any atom is -0.497 e. The maximum absolute atomic E-state index is 11.9. The quantitative estimate of drug-likeness (QED) is 0.544. The molecule has 1 aromatic rings. The van der Waals surface area contributed by atoms with Crippen LogP contribution in [0.25, 0.3) is 0 Å². The molecule has 0 bridgehead atoms. The average Bonchev–Trinajstić information content (AvgIpc) is 2.61. The van der Waals surface area contributed by atoms with E-state index in [1.807, 2.05) is 24.3 Å². The SMILES string of the molecule is COc1ccc(SCCC(=O)NCCCN2CCN(C)CC2)cc1. The zero-order chi connectivity index (χ0) is 17.2. The van der Waals surface area contributed by atoms with E-state index in [4.69, 9.17) is 4.74 Å². The molecule has 6 heteroatoms. The summed E-state index contributed by atoms with van der Waals surface area (Å²) in [5.41, 5.74) is 0. The highest BCUT2D eigenvalue weighted by atomic mass is 32.2. The molecule has 0 atom stereocenters. The Bertz CT molecular complexity index is 488. The monoisotopic (exact) mass is 351 g/mol. The van der Waals surface area contributed by atoms with Crippen molar-refractivity contribution in [3.63, 3.8) is 0 Å². The molecule has 1 aliphatic heterocycles. The molecule has 0 aromatic heterocycles. The zero-order valence-corrected chi connectivity index (χ0v) is 15.6. The fourth-order valence-corrected chi connectivity index (χ4v) is 3.48. The van der Waals surface area contributed by atoms with Gasteiger partial charge in [0.15, 0.2) is 0 Å². The van der Waals surface area contributed by atoms with E-state index in [1.165, 1.54) is 4.90 Å². The number of ether oxygens (including phenoxy) is 1. The molecular weight excluding hydrogens is 322 g/mol. The molecule has 1 fully saturated rings. The highest BCUT2D eigenvalue weighted by Crippen LogP contribution is 2.21. The van der Waals surface area contributed by atoms with Crippen LogP contribution in [-0.4, -0.2) is 74.9 Å². The summed E-state index contributed by atoms with van der Waals surface area (Å²) in [5, 5.41) is 3.03. The van der Waals surface area contributed by atoms with Gasteiger partial charge in [-0.1, -0.05) is 0 Å². The standard InChI is InChI=1S/C18H29N3O2S/c1-20-11-13-21(14-12-20)10-3-9-19-18(22)8-15-24-17-6-4-16(23-2)5-7-17/h4-7H,3,8-15H2,1-2H3,(H,19,22). The normalized spacial score (nSPS) is 16.1. The van der Waals surface area contributed by atoms with Crippen molar-refractivity contribution in [2.75, 3.05) is 59.2 Å². The van der Waals surface area contributed by atoms with Gasteiger partial charge in [0, 0.05) is 49.8 Å². The van der Waals surface area contributed by atoms with Crippen LogP contribution < -0.4 is 10.1 Å². The second-order valence-electron chi connectivity index (χ2n) is 6.12. The molecule has 5 nitrogen and oxygen atoms in total. The third-order valence-corrected chi connectivity index (χ3v) is 5.24. The lowest BCUT2D eigenvalue weighted by Crippen LogP contribution is -2.45. The second kappa shape index (κ2) is 10.6. The number of nitrogens with zero attached hydrogens (tertiary/aromatic N) is 2. The Morgan fingerprint density at radius 2 is 1.92 bits per heavy atom. The number of benzene rings is 1. The summed E-state index contributed by atoms with van der Waals surface area (Å²) < 4.78 is 5.14. The molecule has 1 heterocycles. The van der Waals surface area contributed by atoms with Gasteiger partial charge in [0.2, 0.25) is 5.91 Å². The molecule has 0 aliphatic carbocycles. The largest absolute Gasteiger partial charge is 0.497 e. The smallest absolute Gasteiger partial charge is 0.220 e. The highest BCUT2D eigenvalue weighted by molar-refractivity contribution is 7.99. The first-order chi connectivity index (χ1) is 11.7. The van der Waals surface area contributed by atoms with Crippen molar-refractivity contribution in [1.29, 1.82) is 0 Å². The summed E-state index contributed by atoms with van der Waals surface area (Å²) in [6.45, 7) is 6.43. The van der Waals surface area contributed by atoms with Crippen molar-refractivity contribution < 1.29 is 9.53 Å². The van der Waals surface area contributed by atoms with Gasteiger partial charge in [-0.2, -0.15) is 0 Å². The summed E-state index contributed by atoms with van der Waals surface area (Å²) in [5.74, 6) is 1.81. The van der Waals surface area contributed by atoms with Crippen LogP contribution in [-0.2, 0) is 4.79 Å². The number of methoxy groups -OCH3 is 1. The van der Waals surface area contributed by atoms with E-state index in [-0.39, 0.29) is 5.91 Å². The third kappa shape index (κ3) is 7.11. The van der Waals surface area contributed by atoms with E-state index in [0.29, 0.717) is 6.42 Å². The van der Waals surface area contributed by atoms with E-state index in [0.717, 1.165) is 57.2 Å². The maximum Gasteiger partial charge on any atom is 0.220 e. The van der Waals surface area contributed by atoms with Gasteiger partial charge in [0.1, 0.15) is 5.75 Å². The third-order valence-electron chi connectivity index (χ3n) is 4.23. The first-order valence-electron chi connectivity index (χ1n) is 8.62. The number of piperazine rings is 1. The number of likely N-dealkylation sites (N-methyl/N-ethyl adjacent to an activating group) is 1. The van der Waals surface area contributed by atoms with Crippen LogP contribution in [0.5, 0.6) is 5.75 Å². The second-order valence-corrected chi connectivity index (χ2v) is 7.29. The summed E-state index contributed by atoms with van der Waals surface area (Å²) in [4.78, 5) is 17.9. The Balaban J connectivity index is 1.50. The van der Waals surface area contributed by atoms with Crippen molar-refractivity contribution in [2.45, 2.75) is 17.7 Å². The first-order valence-corrected chi connectivity index (χ1v) is 9.60. The predicted molar refractivity (Wildman–Crippen MR) is 99.9 cm³/mol. The van der Waals surface area contributed by atoms with Crippen LogP contribution in [0.3, 0.4) is 0 Å². The van der Waals surface area contributed by atoms with E-state index in [1.54, 1.807) is 18.9 Å². The molecule has 1 saturated heterocycles. The number of hydrogen-bond donors (Lipinski definition) is 1. The van der Waals surface area contributed by atoms with Gasteiger partial charge in [-0.15, -0.1) is 11.8 Å². The number of nitrogens with one attached hydrogen (secondary N) is 1. The van der Waals surface area contributed by atoms with Gasteiger partial charge in [-0.25, -0.2) is 0 Å². The lowest BCUT2D eigenvalue weighted by Gasteiger charge is -2.32. The highest BCUT2D eigenvalue weighted by Gasteiger charge is 2.12. The van der Waals surface area contributed by atoms with Crippen molar-refractivity contribution in [2.24, 2.45) is 0 Å². The number of carbonyl (C=O) groups excluding carboxylic acids is 1. The molecule has 1 N–H and O–H groups in total. The summed E-state index contributed by atoms with van der Waals surface area (Å²) in [6, 6.07) is 7.94. The summed E-state index contributed by atoms with van der Waals surface area (Å²) in [6.07, 6.45) is 1.59. The van der Waals surface area contributed by atoms with Crippen LogP contribution in [0.4, 0.5) is 0 Å². The Labute approximate surface area is 149 Å². The molecule has 1 amide bonds. The maximum atomic E-state index is 11.9. The minimum absolute atomic E-state index is 0.148. The fraction of sp³-hybridized carbons (Fsp3) is 0.611. The van der Waals surface area contributed by atoms with Crippen LogP contribution >= 0.6 is 11.8 Å². The average molecular weight is 352 g/mol. The number of thioether (sulfide) groups is 1. The molecule has 0 spiro atoms. The predicted octanol–water partition coefficient (Wildman–Crippen LogP) is 1.93. The topological polar surface area (TPSA) is 44.8 Å². The molecule has 24 heavy (non-hydrogen) atoms. The number of carbonyl (C=O) groups is 1. The molecule has 2 rings (SSSR count). The van der Waals surface area contributed by atoms with Gasteiger partial charge in [0.05, 0.1) is 7.11 Å². The van der Waals surface area contributed by atoms with Crippen LogP contribution in [0.15, 0.2) is 29.2 Å². The lowest BCUT2D eigenvalue weighted by molar-refractivity contribution is -0.120. The Kier molecular flexibility index (Phi) is 8.42. The van der Waals surface area contributed by atoms with E-state index in [9.17, 15) is 4.79 Å². The zero-order valence-electron chi connectivity index (χ0n) is 14.8. The van der Waals surface area contributed by atoms with Gasteiger partial charge in [0.25, 0.3) is 0 Å². The van der Waals surface area contributed by atoms with Gasteiger partial charge >= 0.3 is 0 Å². The van der Waals surface area contributed by atoms with E-state index in [2.05, 4.69) is 22.2 Å². The van der Waals surface area contributed by atoms with Crippen molar-refractivity contribution in [3.8, 4) is 5.75 Å².